The van der Waals surface area contributed by atoms with E-state index in [1.807, 2.05) is 55.5 Å². The average Bonchev–Trinajstić information content (AvgIpc) is 2.93. The van der Waals surface area contributed by atoms with Gasteiger partial charge in [0.15, 0.2) is 28.1 Å². The number of carbonyl (C=O) groups is 1. The molecule has 0 aliphatic heterocycles. The van der Waals surface area contributed by atoms with E-state index in [4.69, 9.17) is 18.9 Å². The van der Waals surface area contributed by atoms with Gasteiger partial charge in [-0.05, 0) is 73.2 Å². The molecule has 184 valence electrons. The lowest BCUT2D eigenvalue weighted by molar-refractivity contribution is -0.158. The summed E-state index contributed by atoms with van der Waals surface area (Å²) in [5.41, 5.74) is 0.999. The number of esters is 1. The zero-order valence-corrected chi connectivity index (χ0v) is 21.0. The van der Waals surface area contributed by atoms with Crippen LogP contribution in [0.3, 0.4) is 0 Å². The molecule has 0 atom stereocenters. The molecule has 0 spiro atoms. The summed E-state index contributed by atoms with van der Waals surface area (Å²) in [5, 5.41) is 0. The van der Waals surface area contributed by atoms with E-state index < -0.39 is 5.97 Å². The molecule has 0 fully saturated rings. The van der Waals surface area contributed by atoms with Crippen LogP contribution in [0.1, 0.15) is 12.5 Å². The van der Waals surface area contributed by atoms with Crippen LogP contribution in [0.4, 0.5) is 0 Å². The smallest absolute Gasteiger partial charge is 0.346 e. The predicted octanol–water partition coefficient (Wildman–Crippen LogP) is 6.28. The molecule has 0 radical (unpaired) electrons. The standard InChI is InChI=1S/C30H29O5S/c1-2-32-23-35-30(31)22-34-25-15-13-24(14-16-25)21-33-26-17-19-29(20-18-26)36(27-9-5-3-6-10-27)28-11-7-4-8-12-28/h3-20H,2,21-23H2,1H3/q+1. The van der Waals surface area contributed by atoms with Gasteiger partial charge < -0.3 is 18.9 Å². The van der Waals surface area contributed by atoms with Crippen LogP contribution in [0.25, 0.3) is 0 Å². The van der Waals surface area contributed by atoms with Crippen LogP contribution < -0.4 is 9.47 Å². The molecule has 4 aromatic rings. The predicted molar refractivity (Wildman–Crippen MR) is 140 cm³/mol. The summed E-state index contributed by atoms with van der Waals surface area (Å²) in [6.07, 6.45) is 0. The molecule has 0 saturated heterocycles. The number of hydrogen-bond donors (Lipinski definition) is 0. The van der Waals surface area contributed by atoms with Crippen LogP contribution in [0.2, 0.25) is 0 Å². The van der Waals surface area contributed by atoms with Crippen molar-refractivity contribution in [2.24, 2.45) is 0 Å². The first-order valence-corrected chi connectivity index (χ1v) is 13.0. The zero-order chi connectivity index (χ0) is 25.0. The maximum Gasteiger partial charge on any atom is 0.346 e. The molecule has 36 heavy (non-hydrogen) atoms. The topological polar surface area (TPSA) is 54.0 Å². The minimum atomic E-state index is -0.471. The Kier molecular flexibility index (Phi) is 9.42. The van der Waals surface area contributed by atoms with E-state index in [1.165, 1.54) is 14.7 Å². The van der Waals surface area contributed by atoms with Crippen LogP contribution in [0.5, 0.6) is 11.5 Å². The van der Waals surface area contributed by atoms with Gasteiger partial charge in [0.05, 0.1) is 10.9 Å². The lowest BCUT2D eigenvalue weighted by Gasteiger charge is -2.10. The second kappa shape index (κ2) is 13.4. The Labute approximate surface area is 214 Å². The Hall–Kier alpha value is -3.74. The van der Waals surface area contributed by atoms with Crippen molar-refractivity contribution in [3.8, 4) is 11.5 Å². The summed E-state index contributed by atoms with van der Waals surface area (Å²) in [7, 11) is -0.183. The molecule has 0 N–H and O–H groups in total. The Morgan fingerprint density at radius 3 is 1.78 bits per heavy atom. The largest absolute Gasteiger partial charge is 0.489 e. The van der Waals surface area contributed by atoms with E-state index >= 15 is 0 Å². The fourth-order valence-corrected chi connectivity index (χ4v) is 5.50. The van der Waals surface area contributed by atoms with Crippen molar-refractivity contribution in [2.75, 3.05) is 20.0 Å². The second-order valence-electron chi connectivity index (χ2n) is 7.75. The van der Waals surface area contributed by atoms with Crippen molar-refractivity contribution in [1.29, 1.82) is 0 Å². The third-order valence-corrected chi connectivity index (χ3v) is 7.44. The highest BCUT2D eigenvalue weighted by Crippen LogP contribution is 2.32. The van der Waals surface area contributed by atoms with E-state index in [2.05, 4.69) is 60.7 Å². The molecule has 0 saturated carbocycles. The maximum atomic E-state index is 11.6. The SMILES string of the molecule is CCOCOC(=O)COc1ccc(COc2ccc([S+](c3ccccc3)c3ccccc3)cc2)cc1. The molecule has 0 aliphatic carbocycles. The van der Waals surface area contributed by atoms with E-state index in [0.717, 1.165) is 11.3 Å². The van der Waals surface area contributed by atoms with Crippen LogP contribution in [-0.4, -0.2) is 26.0 Å². The Balaban J connectivity index is 1.33. The summed E-state index contributed by atoms with van der Waals surface area (Å²) in [6, 6.07) is 36.9. The van der Waals surface area contributed by atoms with Crippen LogP contribution in [-0.2, 0) is 31.8 Å². The lowest BCUT2D eigenvalue weighted by atomic mass is 10.2. The molecule has 4 rings (SSSR count). The highest BCUT2D eigenvalue weighted by molar-refractivity contribution is 7.97. The van der Waals surface area contributed by atoms with Gasteiger partial charge in [-0.15, -0.1) is 0 Å². The van der Waals surface area contributed by atoms with Gasteiger partial charge in [0.2, 0.25) is 0 Å². The Bertz CT molecular complexity index is 1160. The zero-order valence-electron chi connectivity index (χ0n) is 20.2. The summed E-state index contributed by atoms with van der Waals surface area (Å²) in [5.74, 6) is 0.924. The highest BCUT2D eigenvalue weighted by Gasteiger charge is 2.28. The van der Waals surface area contributed by atoms with Gasteiger partial charge in [-0.3, -0.25) is 0 Å². The fourth-order valence-electron chi connectivity index (χ4n) is 3.42. The number of carbonyl (C=O) groups excluding carboxylic acids is 1. The van der Waals surface area contributed by atoms with E-state index in [1.54, 1.807) is 0 Å². The number of rotatable bonds is 12. The number of ether oxygens (including phenoxy) is 4. The van der Waals surface area contributed by atoms with E-state index in [0.29, 0.717) is 19.0 Å². The first kappa shape index (κ1) is 25.4. The summed E-state index contributed by atoms with van der Waals surface area (Å²) in [6.45, 7) is 2.53. The van der Waals surface area contributed by atoms with Gasteiger partial charge in [-0.1, -0.05) is 48.5 Å². The van der Waals surface area contributed by atoms with Crippen molar-refractivity contribution >= 4 is 16.9 Å². The molecule has 0 bridgehead atoms. The van der Waals surface area contributed by atoms with Gasteiger partial charge in [-0.2, -0.15) is 0 Å². The van der Waals surface area contributed by atoms with E-state index in [9.17, 15) is 4.79 Å². The summed E-state index contributed by atoms with van der Waals surface area (Å²) >= 11 is 0. The van der Waals surface area contributed by atoms with Crippen LogP contribution >= 0.6 is 0 Å². The second-order valence-corrected chi connectivity index (χ2v) is 9.78. The molecule has 5 nitrogen and oxygen atoms in total. The first-order chi connectivity index (χ1) is 17.7. The minimum absolute atomic E-state index is 0.0600. The normalized spacial score (nSPS) is 10.7. The van der Waals surface area contributed by atoms with E-state index in [-0.39, 0.29) is 24.3 Å². The van der Waals surface area contributed by atoms with Gasteiger partial charge in [0.1, 0.15) is 18.1 Å². The molecule has 0 aromatic heterocycles. The summed E-state index contributed by atoms with van der Waals surface area (Å²) in [4.78, 5) is 15.4. The molecule has 4 aromatic carbocycles. The molecule has 0 amide bonds. The molecule has 6 heteroatoms. The first-order valence-electron chi connectivity index (χ1n) is 11.8. The monoisotopic (exact) mass is 501 g/mol. The molecule has 0 heterocycles. The molecular weight excluding hydrogens is 472 g/mol. The van der Waals surface area contributed by atoms with Crippen LogP contribution in [0.15, 0.2) is 124 Å². The fraction of sp³-hybridized carbons (Fsp3) is 0.167. The van der Waals surface area contributed by atoms with Crippen molar-refractivity contribution in [3.63, 3.8) is 0 Å². The van der Waals surface area contributed by atoms with Gasteiger partial charge in [0.25, 0.3) is 0 Å². The van der Waals surface area contributed by atoms with Crippen LogP contribution in [0, 0.1) is 0 Å². The molecule has 0 aliphatic rings. The minimum Gasteiger partial charge on any atom is -0.489 e. The third-order valence-electron chi connectivity index (χ3n) is 5.21. The van der Waals surface area contributed by atoms with Crippen molar-refractivity contribution in [1.82, 2.24) is 0 Å². The third kappa shape index (κ3) is 7.38. The molecular formula is C30H29O5S+. The number of hydrogen-bond acceptors (Lipinski definition) is 5. The Morgan fingerprint density at radius 2 is 1.19 bits per heavy atom. The van der Waals surface area contributed by atoms with Gasteiger partial charge in [0, 0.05) is 6.61 Å². The highest BCUT2D eigenvalue weighted by atomic mass is 32.2. The number of benzene rings is 4. The lowest BCUT2D eigenvalue weighted by Crippen LogP contribution is -2.16. The van der Waals surface area contributed by atoms with Crippen molar-refractivity contribution in [2.45, 2.75) is 28.2 Å². The Morgan fingerprint density at radius 1 is 0.667 bits per heavy atom. The molecule has 0 unspecified atom stereocenters. The van der Waals surface area contributed by atoms with Gasteiger partial charge >= 0.3 is 5.97 Å². The average molecular weight is 502 g/mol. The maximum absolute atomic E-state index is 11.6. The van der Waals surface area contributed by atoms with Crippen molar-refractivity contribution in [3.05, 3.63) is 115 Å². The van der Waals surface area contributed by atoms with Gasteiger partial charge in [-0.25, -0.2) is 4.79 Å². The summed E-state index contributed by atoms with van der Waals surface area (Å²) < 4.78 is 21.3. The quantitative estimate of drug-likeness (QED) is 0.0990. The van der Waals surface area contributed by atoms with Crippen molar-refractivity contribution < 1.29 is 23.7 Å².